The summed E-state index contributed by atoms with van der Waals surface area (Å²) < 4.78 is 0. The van der Waals surface area contributed by atoms with Crippen LogP contribution in [0.1, 0.15) is 64.0 Å². The molecule has 1 heterocycles. The highest BCUT2D eigenvalue weighted by Crippen LogP contribution is 2.56. The van der Waals surface area contributed by atoms with E-state index in [4.69, 9.17) is 0 Å². The smallest absolute Gasteiger partial charge is 0.225 e. The van der Waals surface area contributed by atoms with Crippen LogP contribution in [0.2, 0.25) is 0 Å². The third kappa shape index (κ3) is 2.54. The molecule has 1 aromatic carbocycles. The highest BCUT2D eigenvalue weighted by atomic mass is 16.3. The normalized spacial score (nSPS) is 35.7. The summed E-state index contributed by atoms with van der Waals surface area (Å²) in [5.41, 5.74) is 3.15. The molecule has 2 fully saturated rings. The number of aliphatic hydroxyl groups is 1. The lowest BCUT2D eigenvalue weighted by Gasteiger charge is -2.61. The Balaban J connectivity index is 1.61. The number of likely N-dealkylation sites (tertiary alicyclic amines) is 1. The van der Waals surface area contributed by atoms with E-state index < -0.39 is 0 Å². The Morgan fingerprint density at radius 2 is 1.85 bits per heavy atom. The van der Waals surface area contributed by atoms with E-state index in [9.17, 15) is 9.90 Å². The molecule has 3 nitrogen and oxygen atoms in total. The maximum Gasteiger partial charge on any atom is 0.225 e. The average molecular weight is 356 g/mol. The molecule has 1 saturated carbocycles. The van der Waals surface area contributed by atoms with E-state index in [1.54, 1.807) is 0 Å². The molecule has 142 valence electrons. The Hall–Kier alpha value is -1.35. The van der Waals surface area contributed by atoms with Gasteiger partial charge in [-0.15, -0.1) is 0 Å². The minimum atomic E-state index is 0.0809. The second-order valence-corrected chi connectivity index (χ2v) is 9.61. The van der Waals surface area contributed by atoms with Gasteiger partial charge in [-0.3, -0.25) is 4.79 Å². The average Bonchev–Trinajstić information content (AvgIpc) is 2.64. The summed E-state index contributed by atoms with van der Waals surface area (Å²) in [6.45, 7) is 8.31. The van der Waals surface area contributed by atoms with Crippen molar-refractivity contribution in [3.63, 3.8) is 0 Å². The minimum absolute atomic E-state index is 0.0809. The molecule has 4 rings (SSSR count). The summed E-state index contributed by atoms with van der Waals surface area (Å²) in [7, 11) is 0. The Kier molecular flexibility index (Phi) is 4.42. The zero-order chi connectivity index (χ0) is 18.5. The zero-order valence-electron chi connectivity index (χ0n) is 16.5. The van der Waals surface area contributed by atoms with Crippen LogP contribution in [-0.2, 0) is 16.6 Å². The molecule has 1 saturated heterocycles. The first-order valence-electron chi connectivity index (χ1n) is 10.4. The quantitative estimate of drug-likeness (QED) is 0.873. The minimum Gasteiger partial charge on any atom is -0.396 e. The van der Waals surface area contributed by atoms with Crippen LogP contribution in [0.15, 0.2) is 24.3 Å². The molecule has 0 spiro atoms. The fraction of sp³-hybridized carbons (Fsp3) is 0.696. The number of hydrogen-bond acceptors (Lipinski definition) is 2. The van der Waals surface area contributed by atoms with Gasteiger partial charge < -0.3 is 10.0 Å². The van der Waals surface area contributed by atoms with Gasteiger partial charge in [-0.05, 0) is 61.0 Å². The Bertz CT molecular complexity index is 689. The number of benzene rings is 1. The molecule has 2 bridgehead atoms. The van der Waals surface area contributed by atoms with Crippen LogP contribution in [-0.4, -0.2) is 35.1 Å². The summed E-state index contributed by atoms with van der Waals surface area (Å²) in [6.07, 6.45) is 5.91. The largest absolute Gasteiger partial charge is 0.396 e. The molecular formula is C23H33NO2. The van der Waals surface area contributed by atoms with Crippen LogP contribution < -0.4 is 0 Å². The van der Waals surface area contributed by atoms with Crippen LogP contribution in [0.25, 0.3) is 0 Å². The van der Waals surface area contributed by atoms with Crippen LogP contribution in [0.4, 0.5) is 0 Å². The van der Waals surface area contributed by atoms with Gasteiger partial charge in [0.2, 0.25) is 5.91 Å². The standard InChI is InChI=1S/C23H33NO2/c1-22(2)20-14-18-6-4-5-7-19(18)23(22,3)12-13-24(20)21(26)17-10-8-16(15-25)9-11-17/h4-7,16-17,20,25H,8-15H2,1-3H3/t16-,17-,20-,23+/m1/s1. The van der Waals surface area contributed by atoms with E-state index in [0.29, 0.717) is 17.9 Å². The van der Waals surface area contributed by atoms with E-state index in [2.05, 4.69) is 49.9 Å². The van der Waals surface area contributed by atoms with Gasteiger partial charge in [-0.1, -0.05) is 45.0 Å². The summed E-state index contributed by atoms with van der Waals surface area (Å²) >= 11 is 0. The number of fused-ring (bicyclic) bond motifs is 4. The third-order valence-electron chi connectivity index (χ3n) is 8.25. The molecule has 0 unspecified atom stereocenters. The molecule has 2 atom stereocenters. The fourth-order valence-corrected chi connectivity index (χ4v) is 5.96. The van der Waals surface area contributed by atoms with Crippen molar-refractivity contribution in [1.82, 2.24) is 4.90 Å². The van der Waals surface area contributed by atoms with E-state index >= 15 is 0 Å². The molecule has 2 aliphatic carbocycles. The van der Waals surface area contributed by atoms with Crippen molar-refractivity contribution in [2.45, 2.75) is 70.8 Å². The molecule has 0 aromatic heterocycles. The number of nitrogens with zero attached hydrogens (tertiary/aromatic N) is 1. The number of carbonyl (C=O) groups is 1. The first kappa shape index (κ1) is 18.0. The predicted octanol–water partition coefficient (Wildman–Crippen LogP) is 3.93. The summed E-state index contributed by atoms with van der Waals surface area (Å²) in [5.74, 6) is 0.942. The molecule has 0 radical (unpaired) electrons. The summed E-state index contributed by atoms with van der Waals surface area (Å²) in [4.78, 5) is 15.7. The number of aliphatic hydroxyl groups excluding tert-OH is 1. The maximum absolute atomic E-state index is 13.4. The van der Waals surface area contributed by atoms with E-state index in [1.165, 1.54) is 11.1 Å². The third-order valence-corrected chi connectivity index (χ3v) is 8.25. The lowest BCUT2D eigenvalue weighted by molar-refractivity contribution is -0.149. The van der Waals surface area contributed by atoms with Crippen molar-refractivity contribution in [3.05, 3.63) is 35.4 Å². The molecule has 26 heavy (non-hydrogen) atoms. The first-order valence-corrected chi connectivity index (χ1v) is 10.4. The highest BCUT2D eigenvalue weighted by molar-refractivity contribution is 5.80. The van der Waals surface area contributed by atoms with Gasteiger partial charge in [0.05, 0.1) is 0 Å². The zero-order valence-corrected chi connectivity index (χ0v) is 16.5. The topological polar surface area (TPSA) is 40.5 Å². The van der Waals surface area contributed by atoms with Crippen molar-refractivity contribution in [2.75, 3.05) is 13.2 Å². The summed E-state index contributed by atoms with van der Waals surface area (Å²) in [5, 5.41) is 9.38. The van der Waals surface area contributed by atoms with E-state index in [1.807, 2.05) is 0 Å². The monoisotopic (exact) mass is 355 g/mol. The van der Waals surface area contributed by atoms with Gasteiger partial charge in [0.25, 0.3) is 0 Å². The molecule has 1 amide bonds. The molecule has 1 N–H and O–H groups in total. The Morgan fingerprint density at radius 1 is 1.15 bits per heavy atom. The fourth-order valence-electron chi connectivity index (χ4n) is 5.96. The Morgan fingerprint density at radius 3 is 2.54 bits per heavy atom. The summed E-state index contributed by atoms with van der Waals surface area (Å²) in [6, 6.07) is 9.16. The van der Waals surface area contributed by atoms with Gasteiger partial charge in [0.1, 0.15) is 0 Å². The van der Waals surface area contributed by atoms with Crippen LogP contribution in [0.5, 0.6) is 0 Å². The first-order chi connectivity index (χ1) is 12.4. The lowest BCUT2D eigenvalue weighted by Crippen LogP contribution is -2.65. The SMILES string of the molecule is CC1(C)[C@H]2Cc3ccccc3[C@]1(C)CCN2C(=O)[C@H]1CC[C@H](CO)CC1. The number of carbonyl (C=O) groups excluding carboxylic acids is 1. The van der Waals surface area contributed by atoms with Crippen molar-refractivity contribution in [3.8, 4) is 0 Å². The van der Waals surface area contributed by atoms with Crippen molar-refractivity contribution in [2.24, 2.45) is 17.3 Å². The van der Waals surface area contributed by atoms with Crippen LogP contribution >= 0.6 is 0 Å². The second kappa shape index (κ2) is 6.37. The Labute approximate surface area is 157 Å². The van der Waals surface area contributed by atoms with Crippen LogP contribution in [0, 0.1) is 17.3 Å². The number of hydrogen-bond donors (Lipinski definition) is 1. The lowest BCUT2D eigenvalue weighted by atomic mass is 9.51. The second-order valence-electron chi connectivity index (χ2n) is 9.61. The van der Waals surface area contributed by atoms with Crippen molar-refractivity contribution < 1.29 is 9.90 Å². The predicted molar refractivity (Wildman–Crippen MR) is 104 cm³/mol. The molecular weight excluding hydrogens is 322 g/mol. The molecule has 3 aliphatic rings. The van der Waals surface area contributed by atoms with Crippen molar-refractivity contribution in [1.29, 1.82) is 0 Å². The number of piperidine rings is 1. The molecule has 1 aromatic rings. The molecule has 1 aliphatic heterocycles. The highest BCUT2D eigenvalue weighted by Gasteiger charge is 2.57. The van der Waals surface area contributed by atoms with Gasteiger partial charge in [-0.25, -0.2) is 0 Å². The number of amides is 1. The van der Waals surface area contributed by atoms with Gasteiger partial charge >= 0.3 is 0 Å². The van der Waals surface area contributed by atoms with E-state index in [0.717, 1.165) is 45.1 Å². The van der Waals surface area contributed by atoms with Crippen LogP contribution in [0.3, 0.4) is 0 Å². The number of rotatable bonds is 2. The van der Waals surface area contributed by atoms with Gasteiger partial charge in [0.15, 0.2) is 0 Å². The van der Waals surface area contributed by atoms with Gasteiger partial charge in [-0.2, -0.15) is 0 Å². The maximum atomic E-state index is 13.4. The van der Waals surface area contributed by atoms with E-state index in [-0.39, 0.29) is 23.4 Å². The molecule has 3 heteroatoms. The van der Waals surface area contributed by atoms with Crippen molar-refractivity contribution >= 4 is 5.91 Å². The van der Waals surface area contributed by atoms with Gasteiger partial charge in [0, 0.05) is 30.5 Å².